The van der Waals surface area contributed by atoms with Crippen molar-refractivity contribution >= 4 is 46.4 Å². The summed E-state index contributed by atoms with van der Waals surface area (Å²) in [5.74, 6) is -0.741. The van der Waals surface area contributed by atoms with E-state index in [4.69, 9.17) is 23.2 Å². The van der Waals surface area contributed by atoms with Gasteiger partial charge < -0.3 is 16.0 Å². The third kappa shape index (κ3) is 5.62. The summed E-state index contributed by atoms with van der Waals surface area (Å²) in [4.78, 5) is 24.3. The summed E-state index contributed by atoms with van der Waals surface area (Å²) in [5, 5.41) is 9.53. The first kappa shape index (κ1) is 19.5. The molecule has 0 spiro atoms. The maximum absolute atomic E-state index is 12.2. The molecule has 1 aliphatic carbocycles. The maximum atomic E-state index is 12.2. The van der Waals surface area contributed by atoms with Gasteiger partial charge in [0, 0.05) is 22.4 Å². The van der Waals surface area contributed by atoms with Gasteiger partial charge >= 0.3 is 0 Å². The Bertz CT molecular complexity index is 836. The molecule has 1 aliphatic rings. The lowest BCUT2D eigenvalue weighted by atomic mass is 10.2. The molecule has 3 rings (SSSR count). The summed E-state index contributed by atoms with van der Waals surface area (Å²) in [6.07, 6.45) is 4.86. The average Bonchev–Trinajstić information content (AvgIpc) is 3.13. The molecule has 1 fully saturated rings. The van der Waals surface area contributed by atoms with Crippen molar-refractivity contribution < 1.29 is 9.59 Å². The molecule has 1 saturated carbocycles. The number of hydrogen-bond donors (Lipinski definition) is 3. The molecule has 2 aromatic carbocycles. The molecule has 2 aromatic rings. The van der Waals surface area contributed by atoms with Crippen LogP contribution in [0, 0.1) is 0 Å². The second-order valence-corrected chi connectivity index (χ2v) is 7.41. The van der Waals surface area contributed by atoms with E-state index < -0.39 is 5.91 Å². The summed E-state index contributed by atoms with van der Waals surface area (Å²) < 4.78 is 0. The number of amides is 2. The van der Waals surface area contributed by atoms with Gasteiger partial charge in [-0.3, -0.25) is 9.59 Å². The van der Waals surface area contributed by atoms with Crippen LogP contribution in [0.5, 0.6) is 0 Å². The highest BCUT2D eigenvalue weighted by Crippen LogP contribution is 2.24. The van der Waals surface area contributed by atoms with E-state index in [2.05, 4.69) is 16.0 Å². The van der Waals surface area contributed by atoms with Crippen LogP contribution >= 0.6 is 23.2 Å². The molecule has 0 heterocycles. The van der Waals surface area contributed by atoms with Crippen LogP contribution in [0.2, 0.25) is 10.0 Å². The molecule has 3 N–H and O–H groups in total. The van der Waals surface area contributed by atoms with E-state index >= 15 is 0 Å². The predicted octanol–water partition coefficient (Wildman–Crippen LogP) is 4.72. The lowest BCUT2D eigenvalue weighted by Crippen LogP contribution is -2.33. The van der Waals surface area contributed by atoms with Crippen molar-refractivity contribution in [2.75, 3.05) is 17.2 Å². The van der Waals surface area contributed by atoms with E-state index in [0.717, 1.165) is 5.69 Å². The zero-order valence-corrected chi connectivity index (χ0v) is 16.2. The Hall–Kier alpha value is -2.24. The Morgan fingerprint density at radius 1 is 1.00 bits per heavy atom. The number of carbonyl (C=O) groups is 2. The second-order valence-electron chi connectivity index (χ2n) is 6.56. The van der Waals surface area contributed by atoms with Crippen LogP contribution in [0.25, 0.3) is 0 Å². The number of halogens is 2. The Balaban J connectivity index is 1.52. The zero-order chi connectivity index (χ0) is 19.2. The maximum Gasteiger partial charge on any atom is 0.253 e. The van der Waals surface area contributed by atoms with Gasteiger partial charge in [-0.15, -0.1) is 0 Å². The molecule has 0 radical (unpaired) electrons. The van der Waals surface area contributed by atoms with Gasteiger partial charge in [0.1, 0.15) is 0 Å². The Labute approximate surface area is 168 Å². The quantitative estimate of drug-likeness (QED) is 0.651. The van der Waals surface area contributed by atoms with Crippen molar-refractivity contribution in [3.63, 3.8) is 0 Å². The third-order valence-electron chi connectivity index (χ3n) is 4.46. The highest BCUT2D eigenvalue weighted by atomic mass is 35.5. The minimum Gasteiger partial charge on any atom is -0.382 e. The third-order valence-corrected chi connectivity index (χ3v) is 5.01. The van der Waals surface area contributed by atoms with E-state index in [0.29, 0.717) is 16.8 Å². The van der Waals surface area contributed by atoms with E-state index in [1.165, 1.54) is 37.8 Å². The largest absolute Gasteiger partial charge is 0.382 e. The molecule has 0 atom stereocenters. The SMILES string of the molecule is O=C(CNC(=O)c1ccc(Cl)cc1Cl)Nc1cccc(NC2CCCC2)c1. The minimum atomic E-state index is -0.427. The summed E-state index contributed by atoms with van der Waals surface area (Å²) in [5.41, 5.74) is 1.94. The molecule has 2 amide bonds. The lowest BCUT2D eigenvalue weighted by molar-refractivity contribution is -0.115. The number of anilines is 2. The van der Waals surface area contributed by atoms with Gasteiger partial charge in [0.15, 0.2) is 0 Å². The van der Waals surface area contributed by atoms with E-state index in [1.54, 1.807) is 6.07 Å². The number of benzene rings is 2. The van der Waals surface area contributed by atoms with Crippen molar-refractivity contribution in [1.29, 1.82) is 0 Å². The van der Waals surface area contributed by atoms with Crippen molar-refractivity contribution in [2.24, 2.45) is 0 Å². The topological polar surface area (TPSA) is 70.2 Å². The van der Waals surface area contributed by atoms with Crippen LogP contribution < -0.4 is 16.0 Å². The summed E-state index contributed by atoms with van der Waals surface area (Å²) >= 11 is 11.8. The fourth-order valence-electron chi connectivity index (χ4n) is 3.13. The average molecular weight is 406 g/mol. The highest BCUT2D eigenvalue weighted by molar-refractivity contribution is 6.36. The number of nitrogens with one attached hydrogen (secondary N) is 3. The minimum absolute atomic E-state index is 0.155. The number of hydrogen-bond acceptors (Lipinski definition) is 3. The van der Waals surface area contributed by atoms with Crippen LogP contribution in [0.3, 0.4) is 0 Å². The van der Waals surface area contributed by atoms with Gasteiger partial charge in [-0.1, -0.05) is 42.1 Å². The van der Waals surface area contributed by atoms with Crippen LogP contribution in [0.1, 0.15) is 36.0 Å². The molecule has 27 heavy (non-hydrogen) atoms. The number of rotatable bonds is 6. The molecule has 0 bridgehead atoms. The van der Waals surface area contributed by atoms with Gasteiger partial charge in [0.25, 0.3) is 5.91 Å². The lowest BCUT2D eigenvalue weighted by Gasteiger charge is -2.14. The molecule has 0 aliphatic heterocycles. The van der Waals surface area contributed by atoms with Crippen LogP contribution in [0.4, 0.5) is 11.4 Å². The zero-order valence-electron chi connectivity index (χ0n) is 14.7. The van der Waals surface area contributed by atoms with Crippen LogP contribution in [-0.2, 0) is 4.79 Å². The van der Waals surface area contributed by atoms with Gasteiger partial charge in [-0.05, 0) is 49.2 Å². The van der Waals surface area contributed by atoms with Crippen molar-refractivity contribution in [2.45, 2.75) is 31.7 Å². The summed E-state index contributed by atoms with van der Waals surface area (Å²) in [6, 6.07) is 12.7. The first-order chi connectivity index (χ1) is 13.0. The van der Waals surface area contributed by atoms with Crippen molar-refractivity contribution in [3.8, 4) is 0 Å². The van der Waals surface area contributed by atoms with Gasteiger partial charge in [0.2, 0.25) is 5.91 Å². The molecule has 142 valence electrons. The van der Waals surface area contributed by atoms with Gasteiger partial charge in [-0.2, -0.15) is 0 Å². The smallest absolute Gasteiger partial charge is 0.253 e. The fraction of sp³-hybridized carbons (Fsp3) is 0.300. The molecule has 7 heteroatoms. The normalized spacial score (nSPS) is 14.0. The van der Waals surface area contributed by atoms with E-state index in [9.17, 15) is 9.59 Å². The first-order valence-electron chi connectivity index (χ1n) is 8.91. The fourth-order valence-corrected chi connectivity index (χ4v) is 3.62. The second kappa shape index (κ2) is 9.11. The molecule has 5 nitrogen and oxygen atoms in total. The van der Waals surface area contributed by atoms with Crippen molar-refractivity contribution in [1.82, 2.24) is 5.32 Å². The molecular formula is C20H21Cl2N3O2. The van der Waals surface area contributed by atoms with Crippen LogP contribution in [-0.4, -0.2) is 24.4 Å². The van der Waals surface area contributed by atoms with E-state index in [1.807, 2.05) is 24.3 Å². The molecular weight excluding hydrogens is 385 g/mol. The predicted molar refractivity (Wildman–Crippen MR) is 110 cm³/mol. The van der Waals surface area contributed by atoms with Gasteiger partial charge in [0.05, 0.1) is 17.1 Å². The highest BCUT2D eigenvalue weighted by Gasteiger charge is 2.15. The molecule has 0 saturated heterocycles. The van der Waals surface area contributed by atoms with Crippen molar-refractivity contribution in [3.05, 3.63) is 58.1 Å². The number of carbonyl (C=O) groups excluding carboxylic acids is 2. The Morgan fingerprint density at radius 2 is 1.74 bits per heavy atom. The van der Waals surface area contributed by atoms with Crippen LogP contribution in [0.15, 0.2) is 42.5 Å². The molecule has 0 aromatic heterocycles. The monoisotopic (exact) mass is 405 g/mol. The van der Waals surface area contributed by atoms with E-state index in [-0.39, 0.29) is 23.0 Å². The Morgan fingerprint density at radius 3 is 2.48 bits per heavy atom. The molecule has 0 unspecified atom stereocenters. The first-order valence-corrected chi connectivity index (χ1v) is 9.66. The van der Waals surface area contributed by atoms with Gasteiger partial charge in [-0.25, -0.2) is 0 Å². The summed E-state index contributed by atoms with van der Waals surface area (Å²) in [7, 11) is 0. The summed E-state index contributed by atoms with van der Waals surface area (Å²) in [6.45, 7) is -0.155. The Kier molecular flexibility index (Phi) is 6.58. The standard InChI is InChI=1S/C20H21Cl2N3O2/c21-13-8-9-17(18(22)10-13)20(27)23-12-19(26)25-16-7-3-6-15(11-16)24-14-4-1-2-5-14/h3,6-11,14,24H,1-2,4-5,12H2,(H,23,27)(H,25,26).